The van der Waals surface area contributed by atoms with Gasteiger partial charge in [0.25, 0.3) is 5.91 Å². The van der Waals surface area contributed by atoms with Crippen LogP contribution in [0.25, 0.3) is 0 Å². The minimum absolute atomic E-state index is 0.100. The quantitative estimate of drug-likeness (QED) is 0.839. The summed E-state index contributed by atoms with van der Waals surface area (Å²) in [5.74, 6) is 0.777. The summed E-state index contributed by atoms with van der Waals surface area (Å²) in [6.07, 6.45) is 8.52. The van der Waals surface area contributed by atoms with Crippen LogP contribution in [0.2, 0.25) is 0 Å². The Labute approximate surface area is 120 Å². The molecule has 1 saturated heterocycles. The van der Waals surface area contributed by atoms with Gasteiger partial charge in [-0.15, -0.1) is 0 Å². The van der Waals surface area contributed by atoms with Crippen LogP contribution in [0.15, 0.2) is 12.4 Å². The summed E-state index contributed by atoms with van der Waals surface area (Å²) in [5, 5.41) is 2.89. The molecule has 5 heteroatoms. The van der Waals surface area contributed by atoms with Crippen molar-refractivity contribution in [3.8, 4) is 0 Å². The molecule has 2 rings (SSSR count). The molecular weight excluding hydrogens is 252 g/mol. The standard InChI is InChI=1S/C15H24N4O/c1-2-3-8-16-15(20)13-11-14(18-12-17-13)19-9-6-4-5-7-10-19/h11-12H,2-10H2,1H3,(H,16,20). The van der Waals surface area contributed by atoms with Crippen molar-refractivity contribution in [2.24, 2.45) is 0 Å². The van der Waals surface area contributed by atoms with Gasteiger partial charge in [0.05, 0.1) is 0 Å². The van der Waals surface area contributed by atoms with Crippen molar-refractivity contribution in [3.05, 3.63) is 18.1 Å². The predicted octanol–water partition coefficient (Wildman–Crippen LogP) is 2.39. The molecule has 1 aliphatic heterocycles. The van der Waals surface area contributed by atoms with Crippen molar-refractivity contribution in [3.63, 3.8) is 0 Å². The lowest BCUT2D eigenvalue weighted by Crippen LogP contribution is -2.28. The normalized spacial score (nSPS) is 15.8. The zero-order chi connectivity index (χ0) is 14.2. The van der Waals surface area contributed by atoms with Crippen LogP contribution in [-0.2, 0) is 0 Å². The van der Waals surface area contributed by atoms with Gasteiger partial charge < -0.3 is 10.2 Å². The smallest absolute Gasteiger partial charge is 0.270 e. The number of aromatic nitrogens is 2. The molecule has 0 bridgehead atoms. The Morgan fingerprint density at radius 1 is 1.25 bits per heavy atom. The van der Waals surface area contributed by atoms with Crippen LogP contribution in [0.3, 0.4) is 0 Å². The lowest BCUT2D eigenvalue weighted by molar-refractivity contribution is 0.0948. The number of hydrogen-bond donors (Lipinski definition) is 1. The summed E-state index contributed by atoms with van der Waals surface area (Å²) in [6, 6.07) is 1.81. The van der Waals surface area contributed by atoms with Gasteiger partial charge in [0.15, 0.2) is 0 Å². The summed E-state index contributed by atoms with van der Waals surface area (Å²) in [6.45, 7) is 4.86. The molecule has 0 unspecified atom stereocenters. The van der Waals surface area contributed by atoms with Crippen LogP contribution < -0.4 is 10.2 Å². The van der Waals surface area contributed by atoms with Crippen molar-refractivity contribution >= 4 is 11.7 Å². The minimum Gasteiger partial charge on any atom is -0.357 e. The maximum absolute atomic E-state index is 12.0. The largest absolute Gasteiger partial charge is 0.357 e. The average Bonchev–Trinajstić information content (AvgIpc) is 2.76. The highest BCUT2D eigenvalue weighted by Gasteiger charge is 2.14. The van der Waals surface area contributed by atoms with E-state index in [2.05, 4.69) is 27.1 Å². The number of nitrogens with one attached hydrogen (secondary N) is 1. The van der Waals surface area contributed by atoms with E-state index in [0.29, 0.717) is 12.2 Å². The molecule has 1 aliphatic rings. The van der Waals surface area contributed by atoms with Gasteiger partial charge in [0, 0.05) is 25.7 Å². The first-order chi connectivity index (χ1) is 9.81. The van der Waals surface area contributed by atoms with E-state index in [1.54, 1.807) is 0 Å². The minimum atomic E-state index is -0.100. The molecule has 2 heterocycles. The number of nitrogens with zero attached hydrogens (tertiary/aromatic N) is 3. The van der Waals surface area contributed by atoms with Gasteiger partial charge in [-0.1, -0.05) is 26.2 Å². The van der Waals surface area contributed by atoms with E-state index in [9.17, 15) is 4.79 Å². The lowest BCUT2D eigenvalue weighted by Gasteiger charge is -2.21. The maximum Gasteiger partial charge on any atom is 0.270 e. The van der Waals surface area contributed by atoms with Crippen LogP contribution >= 0.6 is 0 Å². The van der Waals surface area contributed by atoms with Crippen molar-refractivity contribution in [2.75, 3.05) is 24.5 Å². The molecule has 110 valence electrons. The third-order valence-corrected chi connectivity index (χ3v) is 3.63. The van der Waals surface area contributed by atoms with Crippen LogP contribution in [0, 0.1) is 0 Å². The Kier molecular flexibility index (Phi) is 5.77. The van der Waals surface area contributed by atoms with Crippen LogP contribution in [0.4, 0.5) is 5.82 Å². The van der Waals surface area contributed by atoms with E-state index in [4.69, 9.17) is 0 Å². The fourth-order valence-corrected chi connectivity index (χ4v) is 2.41. The SMILES string of the molecule is CCCCNC(=O)c1cc(N2CCCCCC2)ncn1. The molecule has 0 radical (unpaired) electrons. The highest BCUT2D eigenvalue weighted by molar-refractivity contribution is 5.92. The number of unbranched alkanes of at least 4 members (excludes halogenated alkanes) is 1. The molecule has 1 amide bonds. The second kappa shape index (κ2) is 7.82. The van der Waals surface area contributed by atoms with Crippen molar-refractivity contribution < 1.29 is 4.79 Å². The fourth-order valence-electron chi connectivity index (χ4n) is 2.41. The van der Waals surface area contributed by atoms with Crippen molar-refractivity contribution in [1.82, 2.24) is 15.3 Å². The first-order valence-corrected chi connectivity index (χ1v) is 7.66. The highest BCUT2D eigenvalue weighted by Crippen LogP contribution is 2.17. The van der Waals surface area contributed by atoms with Gasteiger partial charge in [-0.25, -0.2) is 9.97 Å². The monoisotopic (exact) mass is 276 g/mol. The Morgan fingerprint density at radius 2 is 2.00 bits per heavy atom. The number of carbonyl (C=O) groups is 1. The molecule has 5 nitrogen and oxygen atoms in total. The average molecular weight is 276 g/mol. The molecule has 20 heavy (non-hydrogen) atoms. The molecule has 0 aromatic carbocycles. The van der Waals surface area contributed by atoms with Crippen LogP contribution in [-0.4, -0.2) is 35.5 Å². The van der Waals surface area contributed by atoms with Crippen LogP contribution in [0.5, 0.6) is 0 Å². The Bertz CT molecular complexity index is 428. The second-order valence-corrected chi connectivity index (χ2v) is 5.27. The van der Waals surface area contributed by atoms with E-state index >= 15 is 0 Å². The van der Waals surface area contributed by atoms with E-state index in [1.165, 1.54) is 32.0 Å². The Hall–Kier alpha value is -1.65. The molecule has 0 saturated carbocycles. The molecule has 1 aromatic rings. The van der Waals surface area contributed by atoms with Gasteiger partial charge in [0.1, 0.15) is 17.8 Å². The van der Waals surface area contributed by atoms with E-state index < -0.39 is 0 Å². The molecule has 0 atom stereocenters. The fraction of sp³-hybridized carbons (Fsp3) is 0.667. The zero-order valence-electron chi connectivity index (χ0n) is 12.3. The van der Waals surface area contributed by atoms with Crippen LogP contribution in [0.1, 0.15) is 55.9 Å². The zero-order valence-corrected chi connectivity index (χ0v) is 12.3. The van der Waals surface area contributed by atoms with Gasteiger partial charge in [0.2, 0.25) is 0 Å². The third-order valence-electron chi connectivity index (χ3n) is 3.63. The molecule has 1 N–H and O–H groups in total. The van der Waals surface area contributed by atoms with Gasteiger partial charge in [-0.3, -0.25) is 4.79 Å². The topological polar surface area (TPSA) is 58.1 Å². The number of hydrogen-bond acceptors (Lipinski definition) is 4. The summed E-state index contributed by atoms with van der Waals surface area (Å²) in [7, 11) is 0. The molecule has 0 spiro atoms. The van der Waals surface area contributed by atoms with E-state index in [0.717, 1.165) is 31.7 Å². The number of anilines is 1. The molecule has 1 aromatic heterocycles. The molecule has 0 aliphatic carbocycles. The number of carbonyl (C=O) groups excluding carboxylic acids is 1. The Morgan fingerprint density at radius 3 is 2.70 bits per heavy atom. The van der Waals surface area contributed by atoms with Gasteiger partial charge in [-0.05, 0) is 19.3 Å². The maximum atomic E-state index is 12.0. The predicted molar refractivity (Wildman–Crippen MR) is 80.0 cm³/mol. The summed E-state index contributed by atoms with van der Waals surface area (Å²) in [5.41, 5.74) is 0.468. The van der Waals surface area contributed by atoms with Crippen molar-refractivity contribution in [2.45, 2.75) is 45.4 Å². The van der Waals surface area contributed by atoms with Gasteiger partial charge >= 0.3 is 0 Å². The first-order valence-electron chi connectivity index (χ1n) is 7.66. The van der Waals surface area contributed by atoms with E-state index in [-0.39, 0.29) is 5.91 Å². The first kappa shape index (κ1) is 14.8. The number of rotatable bonds is 5. The third kappa shape index (κ3) is 4.18. The van der Waals surface area contributed by atoms with Crippen molar-refractivity contribution in [1.29, 1.82) is 0 Å². The Balaban J connectivity index is 2.01. The highest BCUT2D eigenvalue weighted by atomic mass is 16.1. The summed E-state index contributed by atoms with van der Waals surface area (Å²) in [4.78, 5) is 22.7. The number of amides is 1. The lowest BCUT2D eigenvalue weighted by atomic mass is 10.2. The molecule has 1 fully saturated rings. The van der Waals surface area contributed by atoms with Gasteiger partial charge in [-0.2, -0.15) is 0 Å². The van der Waals surface area contributed by atoms with E-state index in [1.807, 2.05) is 6.07 Å². The molecular formula is C15H24N4O. The summed E-state index contributed by atoms with van der Waals surface area (Å²) >= 11 is 0. The second-order valence-electron chi connectivity index (χ2n) is 5.27. The summed E-state index contributed by atoms with van der Waals surface area (Å²) < 4.78 is 0.